The minimum Gasteiger partial charge on any atom is -0.488 e. The third-order valence-corrected chi connectivity index (χ3v) is 5.08. The van der Waals surface area contributed by atoms with Crippen LogP contribution in [0.25, 0.3) is 6.08 Å². The molecule has 1 aliphatic rings. The fourth-order valence-corrected chi connectivity index (χ4v) is 3.64. The smallest absolute Gasteiger partial charge is 0.293 e. The van der Waals surface area contributed by atoms with Crippen molar-refractivity contribution in [3.63, 3.8) is 0 Å². The number of benzene rings is 2. The van der Waals surface area contributed by atoms with E-state index in [1.807, 2.05) is 48.5 Å². The minimum absolute atomic E-state index is 0.206. The zero-order chi connectivity index (χ0) is 18.5. The van der Waals surface area contributed by atoms with Gasteiger partial charge in [0.05, 0.1) is 4.91 Å². The Hall–Kier alpha value is -2.31. The average Bonchev–Trinajstić information content (AvgIpc) is 2.90. The Morgan fingerprint density at radius 1 is 1.15 bits per heavy atom. The molecule has 0 spiro atoms. The van der Waals surface area contributed by atoms with Crippen LogP contribution in [0.3, 0.4) is 0 Å². The molecule has 0 aromatic heterocycles. The fourth-order valence-electron chi connectivity index (χ4n) is 2.43. The molecule has 2 aromatic rings. The largest absolute Gasteiger partial charge is 0.488 e. The molecular weight excluding hydrogens is 414 g/mol. The summed E-state index contributed by atoms with van der Waals surface area (Å²) in [5.41, 5.74) is 1.78. The van der Waals surface area contributed by atoms with Gasteiger partial charge in [-0.3, -0.25) is 14.5 Å². The number of amides is 2. The second-order valence-corrected chi connectivity index (χ2v) is 7.45. The van der Waals surface area contributed by atoms with Gasteiger partial charge in [0, 0.05) is 16.6 Å². The van der Waals surface area contributed by atoms with Crippen molar-refractivity contribution in [2.45, 2.75) is 6.61 Å². The van der Waals surface area contributed by atoms with Gasteiger partial charge in [0.25, 0.3) is 11.1 Å². The molecule has 1 heterocycles. The van der Waals surface area contributed by atoms with Crippen molar-refractivity contribution in [3.05, 3.63) is 81.7 Å². The molecule has 132 valence electrons. The summed E-state index contributed by atoms with van der Waals surface area (Å²) >= 11 is 4.36. The van der Waals surface area contributed by atoms with Crippen LogP contribution in [0.15, 0.2) is 70.6 Å². The molecule has 0 N–H and O–H groups in total. The van der Waals surface area contributed by atoms with Crippen LogP contribution in [0.2, 0.25) is 0 Å². The van der Waals surface area contributed by atoms with Crippen LogP contribution in [0, 0.1) is 0 Å². The van der Waals surface area contributed by atoms with E-state index in [0.29, 0.717) is 17.3 Å². The van der Waals surface area contributed by atoms with E-state index in [4.69, 9.17) is 4.74 Å². The molecule has 0 radical (unpaired) electrons. The predicted molar refractivity (Wildman–Crippen MR) is 108 cm³/mol. The van der Waals surface area contributed by atoms with E-state index < -0.39 is 0 Å². The third-order valence-electron chi connectivity index (χ3n) is 3.68. The van der Waals surface area contributed by atoms with Gasteiger partial charge in [0.15, 0.2) is 0 Å². The molecule has 0 bridgehead atoms. The first-order valence-electron chi connectivity index (χ1n) is 7.91. The zero-order valence-corrected chi connectivity index (χ0v) is 16.3. The van der Waals surface area contributed by atoms with Crippen molar-refractivity contribution in [2.75, 3.05) is 6.54 Å². The Balaban J connectivity index is 1.85. The molecule has 0 atom stereocenters. The molecule has 0 saturated carbocycles. The first-order valence-corrected chi connectivity index (χ1v) is 9.52. The highest BCUT2D eigenvalue weighted by atomic mass is 79.9. The van der Waals surface area contributed by atoms with Crippen LogP contribution in [-0.4, -0.2) is 22.6 Å². The highest BCUT2D eigenvalue weighted by molar-refractivity contribution is 9.10. The number of halogens is 1. The maximum absolute atomic E-state index is 12.4. The number of rotatable bonds is 6. The van der Waals surface area contributed by atoms with Gasteiger partial charge >= 0.3 is 0 Å². The van der Waals surface area contributed by atoms with Crippen LogP contribution in [0.5, 0.6) is 5.75 Å². The molecule has 2 aromatic carbocycles. The first-order chi connectivity index (χ1) is 12.6. The van der Waals surface area contributed by atoms with Crippen molar-refractivity contribution in [3.8, 4) is 5.75 Å². The summed E-state index contributed by atoms with van der Waals surface area (Å²) in [5, 5.41) is -0.289. The van der Waals surface area contributed by atoms with Gasteiger partial charge in [-0.15, -0.1) is 6.58 Å². The van der Waals surface area contributed by atoms with Crippen LogP contribution in [-0.2, 0) is 11.4 Å². The van der Waals surface area contributed by atoms with Crippen molar-refractivity contribution in [1.29, 1.82) is 0 Å². The first kappa shape index (κ1) is 18.5. The van der Waals surface area contributed by atoms with Crippen LogP contribution < -0.4 is 4.74 Å². The molecule has 1 saturated heterocycles. The molecule has 2 amide bonds. The van der Waals surface area contributed by atoms with Gasteiger partial charge < -0.3 is 4.74 Å². The Morgan fingerprint density at radius 3 is 2.65 bits per heavy atom. The van der Waals surface area contributed by atoms with Gasteiger partial charge in [-0.2, -0.15) is 0 Å². The lowest BCUT2D eigenvalue weighted by molar-refractivity contribution is -0.122. The number of hydrogen-bond acceptors (Lipinski definition) is 4. The van der Waals surface area contributed by atoms with Crippen molar-refractivity contribution < 1.29 is 14.3 Å². The van der Waals surface area contributed by atoms with Gasteiger partial charge in [-0.05, 0) is 41.6 Å². The summed E-state index contributed by atoms with van der Waals surface area (Å²) in [7, 11) is 0. The Kier molecular flexibility index (Phi) is 5.96. The number of hydrogen-bond donors (Lipinski definition) is 0. The molecule has 3 rings (SSSR count). The van der Waals surface area contributed by atoms with Gasteiger partial charge in [0.1, 0.15) is 12.4 Å². The number of imide groups is 1. The summed E-state index contributed by atoms with van der Waals surface area (Å²) in [6, 6.07) is 15.4. The Bertz CT molecular complexity index is 880. The van der Waals surface area contributed by atoms with E-state index in [9.17, 15) is 9.59 Å². The Morgan fingerprint density at radius 2 is 1.92 bits per heavy atom. The van der Waals surface area contributed by atoms with Gasteiger partial charge in [-0.25, -0.2) is 0 Å². The van der Waals surface area contributed by atoms with E-state index in [0.717, 1.165) is 27.4 Å². The fraction of sp³-hybridized carbons (Fsp3) is 0.100. The lowest BCUT2D eigenvalue weighted by Crippen LogP contribution is -2.27. The number of nitrogens with zero attached hydrogens (tertiary/aromatic N) is 1. The summed E-state index contributed by atoms with van der Waals surface area (Å²) in [4.78, 5) is 25.9. The number of thioether (sulfide) groups is 1. The average molecular weight is 430 g/mol. The Labute approximate surface area is 164 Å². The number of carbonyl (C=O) groups excluding carboxylic acids is 2. The standard InChI is InChI=1S/C20H16BrNO3S/c1-2-10-22-19(23)18(26-20(22)24)12-15-11-16(21)8-9-17(15)25-13-14-6-4-3-5-7-14/h2-9,11-12H,1,10,13H2/b18-12-. The van der Waals surface area contributed by atoms with Crippen molar-refractivity contribution >= 4 is 44.9 Å². The quantitative estimate of drug-likeness (QED) is 0.464. The van der Waals surface area contributed by atoms with E-state index in [1.54, 1.807) is 6.08 Å². The number of carbonyl (C=O) groups is 2. The SMILES string of the molecule is C=CCN1C(=O)S/C(=C\c2cc(Br)ccc2OCc2ccccc2)C1=O. The van der Waals surface area contributed by atoms with E-state index >= 15 is 0 Å². The van der Waals surface area contributed by atoms with Gasteiger partial charge in [0.2, 0.25) is 0 Å². The van der Waals surface area contributed by atoms with E-state index in [2.05, 4.69) is 22.5 Å². The maximum Gasteiger partial charge on any atom is 0.293 e. The van der Waals surface area contributed by atoms with E-state index in [-0.39, 0.29) is 17.7 Å². The molecule has 0 aliphatic carbocycles. The predicted octanol–water partition coefficient (Wildman–Crippen LogP) is 5.25. The molecular formula is C20H16BrNO3S. The lowest BCUT2D eigenvalue weighted by atomic mass is 10.1. The molecule has 4 nitrogen and oxygen atoms in total. The van der Waals surface area contributed by atoms with Crippen LogP contribution >= 0.6 is 27.7 Å². The second-order valence-electron chi connectivity index (χ2n) is 5.54. The molecule has 26 heavy (non-hydrogen) atoms. The van der Waals surface area contributed by atoms with Gasteiger partial charge in [-0.1, -0.05) is 52.3 Å². The summed E-state index contributed by atoms with van der Waals surface area (Å²) in [6.45, 7) is 4.20. The highest BCUT2D eigenvalue weighted by Crippen LogP contribution is 2.35. The van der Waals surface area contributed by atoms with E-state index in [1.165, 1.54) is 11.0 Å². The molecule has 1 fully saturated rings. The number of ether oxygens (including phenoxy) is 1. The topological polar surface area (TPSA) is 46.6 Å². The highest BCUT2D eigenvalue weighted by Gasteiger charge is 2.34. The normalized spacial score (nSPS) is 15.6. The summed E-state index contributed by atoms with van der Waals surface area (Å²) in [5.74, 6) is 0.335. The van der Waals surface area contributed by atoms with Crippen LogP contribution in [0.1, 0.15) is 11.1 Å². The van der Waals surface area contributed by atoms with Crippen molar-refractivity contribution in [1.82, 2.24) is 4.90 Å². The summed E-state index contributed by atoms with van der Waals surface area (Å²) in [6.07, 6.45) is 3.23. The molecule has 6 heteroatoms. The minimum atomic E-state index is -0.311. The molecule has 0 unspecified atom stereocenters. The lowest BCUT2D eigenvalue weighted by Gasteiger charge is -2.11. The zero-order valence-electron chi connectivity index (χ0n) is 13.9. The summed E-state index contributed by atoms with van der Waals surface area (Å²) < 4.78 is 6.79. The monoisotopic (exact) mass is 429 g/mol. The van der Waals surface area contributed by atoms with Crippen LogP contribution in [0.4, 0.5) is 4.79 Å². The maximum atomic E-state index is 12.4. The molecule has 1 aliphatic heterocycles. The van der Waals surface area contributed by atoms with Crippen molar-refractivity contribution in [2.24, 2.45) is 0 Å². The second kappa shape index (κ2) is 8.38. The third kappa shape index (κ3) is 4.26.